The van der Waals surface area contributed by atoms with Gasteiger partial charge in [-0.3, -0.25) is 9.69 Å². The van der Waals surface area contributed by atoms with Crippen LogP contribution >= 0.6 is 23.2 Å². The maximum Gasteiger partial charge on any atom is 0.140 e. The highest BCUT2D eigenvalue weighted by atomic mass is 35.5. The topological polar surface area (TPSA) is 73.1 Å². The molecule has 6 nitrogen and oxygen atoms in total. The van der Waals surface area contributed by atoms with Crippen molar-refractivity contribution in [2.45, 2.75) is 19.4 Å². The quantitative estimate of drug-likeness (QED) is 0.561. The zero-order valence-electron chi connectivity index (χ0n) is 17.1. The predicted octanol–water partition coefficient (Wildman–Crippen LogP) is 4.60. The largest absolute Gasteiger partial charge is 0.352 e. The lowest BCUT2D eigenvalue weighted by Crippen LogP contribution is -2.53. The molecule has 1 aliphatic rings. The van der Waals surface area contributed by atoms with Crippen LogP contribution in [0, 0.1) is 11.3 Å². The third-order valence-electron chi connectivity index (χ3n) is 5.55. The number of benzene rings is 2. The van der Waals surface area contributed by atoms with Gasteiger partial charge in [-0.15, -0.1) is 0 Å². The molecule has 0 N–H and O–H groups in total. The fourth-order valence-corrected chi connectivity index (χ4v) is 4.26. The van der Waals surface area contributed by atoms with E-state index in [-0.39, 0.29) is 11.8 Å². The average Bonchev–Trinajstić information content (AvgIpc) is 2.77. The fourth-order valence-electron chi connectivity index (χ4n) is 3.87. The van der Waals surface area contributed by atoms with Gasteiger partial charge in [-0.25, -0.2) is 9.97 Å². The standard InChI is InChI=1S/C23H21Cl2N5O/c1-15(31)6-7-29-8-9-30(13-18(29)12-26)23-20-10-19(16-2-4-17(24)5-3-16)21(25)11-22(20)27-14-28-23/h2-5,10-11,14,18H,6-9,13H2,1H3. The summed E-state index contributed by atoms with van der Waals surface area (Å²) in [5.74, 6) is 0.913. The molecule has 1 aliphatic heterocycles. The van der Waals surface area contributed by atoms with Crippen molar-refractivity contribution in [3.63, 3.8) is 0 Å². The lowest BCUT2D eigenvalue weighted by Gasteiger charge is -2.39. The van der Waals surface area contributed by atoms with E-state index < -0.39 is 0 Å². The first kappa shape index (κ1) is 21.5. The summed E-state index contributed by atoms with van der Waals surface area (Å²) in [4.78, 5) is 24.5. The Hall–Kier alpha value is -2.72. The van der Waals surface area contributed by atoms with Crippen molar-refractivity contribution in [3.8, 4) is 17.2 Å². The molecule has 158 valence electrons. The van der Waals surface area contributed by atoms with Crippen LogP contribution in [0.2, 0.25) is 10.0 Å². The number of nitriles is 1. The molecule has 8 heteroatoms. The lowest BCUT2D eigenvalue weighted by molar-refractivity contribution is -0.117. The first-order valence-electron chi connectivity index (χ1n) is 10.0. The molecule has 2 heterocycles. The summed E-state index contributed by atoms with van der Waals surface area (Å²) in [6.45, 7) is 4.09. The Morgan fingerprint density at radius 1 is 1.19 bits per heavy atom. The maximum absolute atomic E-state index is 11.4. The highest BCUT2D eigenvalue weighted by molar-refractivity contribution is 6.34. The van der Waals surface area contributed by atoms with Crippen LogP contribution in [-0.4, -0.2) is 52.9 Å². The second-order valence-corrected chi connectivity index (χ2v) is 8.48. The number of Topliss-reactive ketones (excluding diaryl/α,β-unsaturated/α-hetero) is 1. The molecule has 1 saturated heterocycles. The summed E-state index contributed by atoms with van der Waals surface area (Å²) >= 11 is 12.6. The Balaban J connectivity index is 1.68. The van der Waals surface area contributed by atoms with E-state index in [9.17, 15) is 10.1 Å². The molecule has 0 spiro atoms. The van der Waals surface area contributed by atoms with Crippen molar-refractivity contribution in [3.05, 3.63) is 52.8 Å². The average molecular weight is 454 g/mol. The van der Waals surface area contributed by atoms with E-state index in [0.29, 0.717) is 42.6 Å². The van der Waals surface area contributed by atoms with E-state index in [4.69, 9.17) is 23.2 Å². The molecule has 1 fully saturated rings. The first-order valence-corrected chi connectivity index (χ1v) is 10.8. The highest BCUT2D eigenvalue weighted by Gasteiger charge is 2.28. The van der Waals surface area contributed by atoms with Crippen LogP contribution in [-0.2, 0) is 4.79 Å². The molecule has 0 amide bonds. The van der Waals surface area contributed by atoms with Gasteiger partial charge in [0.2, 0.25) is 0 Å². The van der Waals surface area contributed by atoms with E-state index in [2.05, 4.69) is 25.8 Å². The van der Waals surface area contributed by atoms with Crippen LogP contribution in [0.25, 0.3) is 22.0 Å². The van der Waals surface area contributed by atoms with Crippen LogP contribution < -0.4 is 4.90 Å². The number of nitrogens with zero attached hydrogens (tertiary/aromatic N) is 5. The van der Waals surface area contributed by atoms with Gasteiger partial charge in [0.15, 0.2) is 0 Å². The van der Waals surface area contributed by atoms with Gasteiger partial charge in [0.25, 0.3) is 0 Å². The number of hydrogen-bond acceptors (Lipinski definition) is 6. The third kappa shape index (κ3) is 4.64. The number of carbonyl (C=O) groups is 1. The second kappa shape index (κ2) is 9.19. The van der Waals surface area contributed by atoms with Crippen molar-refractivity contribution in [1.82, 2.24) is 14.9 Å². The highest BCUT2D eigenvalue weighted by Crippen LogP contribution is 2.35. The minimum absolute atomic E-state index is 0.132. The molecule has 1 aromatic heterocycles. The molecule has 1 atom stereocenters. The summed E-state index contributed by atoms with van der Waals surface area (Å²) in [7, 11) is 0. The summed E-state index contributed by atoms with van der Waals surface area (Å²) in [5.41, 5.74) is 2.58. The molecule has 4 rings (SSSR count). The van der Waals surface area contributed by atoms with Gasteiger partial charge < -0.3 is 4.90 Å². The number of carbonyl (C=O) groups excluding carboxylic acids is 1. The zero-order chi connectivity index (χ0) is 22.0. The molecular weight excluding hydrogens is 433 g/mol. The molecule has 0 saturated carbocycles. The third-order valence-corrected chi connectivity index (χ3v) is 6.11. The van der Waals surface area contributed by atoms with Crippen molar-refractivity contribution in [1.29, 1.82) is 5.26 Å². The van der Waals surface area contributed by atoms with Gasteiger partial charge in [0.1, 0.15) is 24.0 Å². The Labute approximate surface area is 191 Å². The molecular formula is C23H21Cl2N5O. The predicted molar refractivity (Wildman–Crippen MR) is 123 cm³/mol. The van der Waals surface area contributed by atoms with Crippen LogP contribution in [0.1, 0.15) is 13.3 Å². The van der Waals surface area contributed by atoms with Crippen LogP contribution in [0.3, 0.4) is 0 Å². The van der Waals surface area contributed by atoms with Gasteiger partial charge in [-0.05, 0) is 36.8 Å². The molecule has 0 bridgehead atoms. The number of aromatic nitrogens is 2. The number of halogens is 2. The Bertz CT molecular complexity index is 1160. The minimum Gasteiger partial charge on any atom is -0.352 e. The lowest BCUT2D eigenvalue weighted by atomic mass is 10.0. The number of anilines is 1. The Morgan fingerprint density at radius 3 is 2.68 bits per heavy atom. The van der Waals surface area contributed by atoms with Crippen LogP contribution in [0.15, 0.2) is 42.7 Å². The summed E-state index contributed by atoms with van der Waals surface area (Å²) in [6, 6.07) is 13.4. The molecule has 31 heavy (non-hydrogen) atoms. The Kier molecular flexibility index (Phi) is 6.38. The van der Waals surface area contributed by atoms with E-state index in [1.165, 1.54) is 6.33 Å². The Morgan fingerprint density at radius 2 is 1.97 bits per heavy atom. The molecule has 1 unspecified atom stereocenters. The molecule has 3 aromatic rings. The SMILES string of the molecule is CC(=O)CCN1CCN(c2ncnc3cc(Cl)c(-c4ccc(Cl)cc4)cc23)CC1C#N. The van der Waals surface area contributed by atoms with Gasteiger partial charge in [-0.1, -0.05) is 35.3 Å². The fraction of sp³-hybridized carbons (Fsp3) is 0.304. The smallest absolute Gasteiger partial charge is 0.140 e. The normalized spacial score (nSPS) is 17.0. The molecule has 2 aromatic carbocycles. The van der Waals surface area contributed by atoms with Crippen molar-refractivity contribution >= 4 is 45.7 Å². The van der Waals surface area contributed by atoms with Crippen LogP contribution in [0.4, 0.5) is 5.82 Å². The molecule has 0 aliphatic carbocycles. The van der Waals surface area contributed by atoms with Gasteiger partial charge in [0, 0.05) is 48.6 Å². The van der Waals surface area contributed by atoms with Crippen molar-refractivity contribution in [2.75, 3.05) is 31.1 Å². The van der Waals surface area contributed by atoms with Crippen molar-refractivity contribution in [2.24, 2.45) is 0 Å². The summed E-state index contributed by atoms with van der Waals surface area (Å²) < 4.78 is 0. The van der Waals surface area contributed by atoms with E-state index >= 15 is 0 Å². The van der Waals surface area contributed by atoms with Crippen LogP contribution in [0.5, 0.6) is 0 Å². The minimum atomic E-state index is -0.304. The number of ketones is 1. The van der Waals surface area contributed by atoms with E-state index in [0.717, 1.165) is 27.8 Å². The van der Waals surface area contributed by atoms with E-state index in [1.54, 1.807) is 6.92 Å². The molecule has 0 radical (unpaired) electrons. The number of piperazine rings is 1. The van der Waals surface area contributed by atoms with E-state index in [1.807, 2.05) is 36.4 Å². The zero-order valence-corrected chi connectivity index (χ0v) is 18.6. The summed E-state index contributed by atoms with van der Waals surface area (Å²) in [6.07, 6.45) is 1.98. The number of hydrogen-bond donors (Lipinski definition) is 0. The van der Waals surface area contributed by atoms with Gasteiger partial charge in [0.05, 0.1) is 16.6 Å². The number of rotatable bonds is 5. The van der Waals surface area contributed by atoms with Crippen molar-refractivity contribution < 1.29 is 4.79 Å². The summed E-state index contributed by atoms with van der Waals surface area (Å²) in [5, 5.41) is 11.8. The van der Waals surface area contributed by atoms with Gasteiger partial charge >= 0.3 is 0 Å². The monoisotopic (exact) mass is 453 g/mol. The second-order valence-electron chi connectivity index (χ2n) is 7.63. The number of fused-ring (bicyclic) bond motifs is 1. The van der Waals surface area contributed by atoms with Gasteiger partial charge in [-0.2, -0.15) is 5.26 Å². The first-order chi connectivity index (χ1) is 15.0. The maximum atomic E-state index is 11.4.